The summed E-state index contributed by atoms with van der Waals surface area (Å²) in [5.74, 6) is 0.340. The van der Waals surface area contributed by atoms with Gasteiger partial charge in [-0.1, -0.05) is 6.07 Å². The number of amides is 1. The van der Waals surface area contributed by atoms with Crippen LogP contribution in [0.2, 0.25) is 0 Å². The average molecular weight is 322 g/mol. The van der Waals surface area contributed by atoms with E-state index in [0.29, 0.717) is 22.6 Å². The molecular formula is C13H12BrN3O2. The summed E-state index contributed by atoms with van der Waals surface area (Å²) < 4.78 is 5.75. The van der Waals surface area contributed by atoms with Crippen LogP contribution in [0.15, 0.2) is 41.3 Å². The van der Waals surface area contributed by atoms with Crippen LogP contribution in [-0.2, 0) is 6.54 Å². The Kier molecular flexibility index (Phi) is 4.46. The molecule has 0 bridgehead atoms. The Bertz CT molecular complexity index is 590. The van der Waals surface area contributed by atoms with Crippen LogP contribution in [0.3, 0.4) is 0 Å². The Labute approximate surface area is 119 Å². The van der Waals surface area contributed by atoms with Crippen molar-refractivity contribution in [3.05, 3.63) is 52.4 Å². The van der Waals surface area contributed by atoms with Gasteiger partial charge in [0.2, 0.25) is 5.88 Å². The summed E-state index contributed by atoms with van der Waals surface area (Å²) in [4.78, 5) is 20.0. The van der Waals surface area contributed by atoms with Gasteiger partial charge in [-0.3, -0.25) is 4.79 Å². The van der Waals surface area contributed by atoms with Gasteiger partial charge in [0, 0.05) is 30.1 Å². The number of hydrogen-bond acceptors (Lipinski definition) is 4. The van der Waals surface area contributed by atoms with E-state index in [2.05, 4.69) is 31.2 Å². The molecule has 0 radical (unpaired) electrons. The molecule has 0 atom stereocenters. The fourth-order valence-electron chi connectivity index (χ4n) is 1.56. The molecule has 5 nitrogen and oxygen atoms in total. The Balaban J connectivity index is 2.04. The SMILES string of the molecule is COc1ncccc1CNC(=O)c1ccnc(Br)c1. The Morgan fingerprint density at radius 1 is 1.37 bits per heavy atom. The molecule has 0 saturated heterocycles. The van der Waals surface area contributed by atoms with Gasteiger partial charge in [0.25, 0.3) is 5.91 Å². The minimum absolute atomic E-state index is 0.172. The van der Waals surface area contributed by atoms with Crippen molar-refractivity contribution in [2.75, 3.05) is 7.11 Å². The van der Waals surface area contributed by atoms with Gasteiger partial charge in [-0.2, -0.15) is 0 Å². The monoisotopic (exact) mass is 321 g/mol. The van der Waals surface area contributed by atoms with E-state index in [1.54, 1.807) is 37.7 Å². The van der Waals surface area contributed by atoms with E-state index >= 15 is 0 Å². The van der Waals surface area contributed by atoms with Crippen molar-refractivity contribution in [1.29, 1.82) is 0 Å². The number of methoxy groups -OCH3 is 1. The van der Waals surface area contributed by atoms with Crippen molar-refractivity contribution in [3.8, 4) is 5.88 Å². The Morgan fingerprint density at radius 3 is 2.95 bits per heavy atom. The Morgan fingerprint density at radius 2 is 2.21 bits per heavy atom. The summed E-state index contributed by atoms with van der Waals surface area (Å²) in [7, 11) is 1.55. The molecule has 0 fully saturated rings. The van der Waals surface area contributed by atoms with Crippen LogP contribution in [0.25, 0.3) is 0 Å². The smallest absolute Gasteiger partial charge is 0.251 e. The second kappa shape index (κ2) is 6.29. The summed E-state index contributed by atoms with van der Waals surface area (Å²) >= 11 is 3.23. The quantitative estimate of drug-likeness (QED) is 0.877. The topological polar surface area (TPSA) is 64.1 Å². The van der Waals surface area contributed by atoms with Crippen molar-refractivity contribution >= 4 is 21.8 Å². The third-order valence-electron chi connectivity index (χ3n) is 2.47. The highest BCUT2D eigenvalue weighted by atomic mass is 79.9. The standard InChI is InChI=1S/C13H12BrN3O2/c1-19-13-10(3-2-5-16-13)8-17-12(18)9-4-6-15-11(14)7-9/h2-7H,8H2,1H3,(H,17,18). The third-order valence-corrected chi connectivity index (χ3v) is 2.91. The fourth-order valence-corrected chi connectivity index (χ4v) is 1.93. The maximum Gasteiger partial charge on any atom is 0.251 e. The highest BCUT2D eigenvalue weighted by Gasteiger charge is 2.08. The van der Waals surface area contributed by atoms with Crippen molar-refractivity contribution in [3.63, 3.8) is 0 Å². The summed E-state index contributed by atoms with van der Waals surface area (Å²) in [5, 5.41) is 2.81. The van der Waals surface area contributed by atoms with Crippen LogP contribution in [0.1, 0.15) is 15.9 Å². The summed E-state index contributed by atoms with van der Waals surface area (Å²) in [6.45, 7) is 0.357. The van der Waals surface area contributed by atoms with Crippen LogP contribution in [-0.4, -0.2) is 23.0 Å². The number of nitrogens with one attached hydrogen (secondary N) is 1. The van der Waals surface area contributed by atoms with Crippen LogP contribution >= 0.6 is 15.9 Å². The van der Waals surface area contributed by atoms with Crippen molar-refractivity contribution in [2.45, 2.75) is 6.54 Å². The van der Waals surface area contributed by atoms with Crippen molar-refractivity contribution in [2.24, 2.45) is 0 Å². The molecule has 0 aliphatic rings. The third kappa shape index (κ3) is 3.51. The number of nitrogens with zero attached hydrogens (tertiary/aromatic N) is 2. The van der Waals surface area contributed by atoms with E-state index in [4.69, 9.17) is 4.74 Å². The molecule has 98 valence electrons. The van der Waals surface area contributed by atoms with E-state index < -0.39 is 0 Å². The van der Waals surface area contributed by atoms with Gasteiger partial charge < -0.3 is 10.1 Å². The molecule has 0 aliphatic heterocycles. The summed E-state index contributed by atoms with van der Waals surface area (Å²) in [5.41, 5.74) is 1.37. The maximum atomic E-state index is 11.9. The fraction of sp³-hybridized carbons (Fsp3) is 0.154. The second-order valence-electron chi connectivity index (χ2n) is 3.72. The van der Waals surface area contributed by atoms with Crippen LogP contribution in [0.5, 0.6) is 5.88 Å². The van der Waals surface area contributed by atoms with Crippen LogP contribution in [0.4, 0.5) is 0 Å². The molecule has 6 heteroatoms. The van der Waals surface area contributed by atoms with Crippen molar-refractivity contribution in [1.82, 2.24) is 15.3 Å². The molecular weight excluding hydrogens is 310 g/mol. The molecule has 2 aromatic heterocycles. The predicted octanol–water partition coefficient (Wildman–Crippen LogP) is 2.18. The molecule has 0 saturated carbocycles. The van der Waals surface area contributed by atoms with Crippen LogP contribution < -0.4 is 10.1 Å². The molecule has 0 unspecified atom stereocenters. The molecule has 1 amide bonds. The minimum atomic E-state index is -0.172. The zero-order chi connectivity index (χ0) is 13.7. The van der Waals surface area contributed by atoms with Gasteiger partial charge in [0.1, 0.15) is 4.60 Å². The maximum absolute atomic E-state index is 11.9. The lowest BCUT2D eigenvalue weighted by Gasteiger charge is -2.08. The van der Waals surface area contributed by atoms with Gasteiger partial charge in [0.15, 0.2) is 0 Å². The van der Waals surface area contributed by atoms with E-state index in [9.17, 15) is 4.79 Å². The number of pyridine rings is 2. The first kappa shape index (κ1) is 13.5. The van der Waals surface area contributed by atoms with Gasteiger partial charge >= 0.3 is 0 Å². The molecule has 1 N–H and O–H groups in total. The predicted molar refractivity (Wildman–Crippen MR) is 73.9 cm³/mol. The molecule has 0 aromatic carbocycles. The molecule has 0 spiro atoms. The lowest BCUT2D eigenvalue weighted by molar-refractivity contribution is 0.0950. The van der Waals surface area contributed by atoms with Crippen LogP contribution in [0, 0.1) is 0 Å². The van der Waals surface area contributed by atoms with Crippen molar-refractivity contribution < 1.29 is 9.53 Å². The highest BCUT2D eigenvalue weighted by Crippen LogP contribution is 2.13. The number of aromatic nitrogens is 2. The average Bonchev–Trinajstić information content (AvgIpc) is 2.45. The molecule has 2 heterocycles. The Hall–Kier alpha value is -1.95. The number of carbonyl (C=O) groups excluding carboxylic acids is 1. The molecule has 19 heavy (non-hydrogen) atoms. The van der Waals surface area contributed by atoms with Gasteiger partial charge in [-0.15, -0.1) is 0 Å². The van der Waals surface area contributed by atoms with E-state index in [1.165, 1.54) is 0 Å². The number of halogens is 1. The zero-order valence-electron chi connectivity index (χ0n) is 10.3. The molecule has 2 aromatic rings. The van der Waals surface area contributed by atoms with E-state index in [1.807, 2.05) is 6.07 Å². The van der Waals surface area contributed by atoms with Gasteiger partial charge in [-0.25, -0.2) is 9.97 Å². The largest absolute Gasteiger partial charge is 0.481 e. The lowest BCUT2D eigenvalue weighted by atomic mass is 10.2. The second-order valence-corrected chi connectivity index (χ2v) is 4.53. The highest BCUT2D eigenvalue weighted by molar-refractivity contribution is 9.10. The van der Waals surface area contributed by atoms with Gasteiger partial charge in [-0.05, 0) is 34.1 Å². The van der Waals surface area contributed by atoms with Gasteiger partial charge in [0.05, 0.1) is 7.11 Å². The molecule has 0 aliphatic carbocycles. The first-order valence-electron chi connectivity index (χ1n) is 5.58. The van der Waals surface area contributed by atoms with E-state index in [0.717, 1.165) is 5.56 Å². The minimum Gasteiger partial charge on any atom is -0.481 e. The zero-order valence-corrected chi connectivity index (χ0v) is 11.8. The lowest BCUT2D eigenvalue weighted by Crippen LogP contribution is -2.23. The molecule has 2 rings (SSSR count). The number of hydrogen-bond donors (Lipinski definition) is 1. The normalized spacial score (nSPS) is 10.0. The summed E-state index contributed by atoms with van der Waals surface area (Å²) in [6, 6.07) is 6.97. The first-order chi connectivity index (χ1) is 9.20. The van der Waals surface area contributed by atoms with E-state index in [-0.39, 0.29) is 5.91 Å². The first-order valence-corrected chi connectivity index (χ1v) is 6.37. The number of rotatable bonds is 4. The number of carbonyl (C=O) groups is 1. The number of ether oxygens (including phenoxy) is 1. The summed E-state index contributed by atoms with van der Waals surface area (Å²) in [6.07, 6.45) is 3.22.